The molecule has 0 spiro atoms. The van der Waals surface area contributed by atoms with Crippen molar-refractivity contribution >= 4 is 0 Å². The molecule has 15 heteroatoms. The third-order valence-electron chi connectivity index (χ3n) is 16.8. The van der Waals surface area contributed by atoms with Gasteiger partial charge in [0, 0.05) is 37.6 Å². The lowest BCUT2D eigenvalue weighted by atomic mass is 9.71. The van der Waals surface area contributed by atoms with Crippen LogP contribution in [0, 0.1) is 64.6 Å². The van der Waals surface area contributed by atoms with Crippen molar-refractivity contribution in [3.63, 3.8) is 0 Å². The van der Waals surface area contributed by atoms with E-state index in [1.807, 2.05) is 0 Å². The van der Waals surface area contributed by atoms with E-state index in [9.17, 15) is 0 Å². The molecule has 428 valence electrons. The fourth-order valence-corrected chi connectivity index (χ4v) is 9.94. The van der Waals surface area contributed by atoms with Crippen LogP contribution in [0.15, 0.2) is 37.2 Å². The number of hydrogen-bond acceptors (Lipinski definition) is 12. The van der Waals surface area contributed by atoms with Gasteiger partial charge in [-0.15, -0.1) is 0 Å². The third-order valence-corrected chi connectivity index (χ3v) is 16.8. The molecule has 0 amide bonds. The van der Waals surface area contributed by atoms with Crippen LogP contribution in [0.4, 0.5) is 0 Å². The van der Waals surface area contributed by atoms with Crippen molar-refractivity contribution in [3.05, 3.63) is 37.2 Å². The molecule has 3 fully saturated rings. The van der Waals surface area contributed by atoms with Gasteiger partial charge < -0.3 is 28.4 Å². The maximum absolute atomic E-state index is 6.05. The Morgan fingerprint density at radius 3 is 0.753 bits per heavy atom. The van der Waals surface area contributed by atoms with Gasteiger partial charge in [0.2, 0.25) is 0 Å². The fraction of sp³-hybridized carbons (Fsp3) is 0.897. The van der Waals surface area contributed by atoms with Crippen LogP contribution in [0.25, 0.3) is 0 Å². The zero-order chi connectivity index (χ0) is 55.2. The topological polar surface area (TPSA) is 180 Å². The van der Waals surface area contributed by atoms with Crippen molar-refractivity contribution in [1.29, 1.82) is 0 Å². The summed E-state index contributed by atoms with van der Waals surface area (Å²) in [7, 11) is 0. The van der Waals surface area contributed by atoms with Crippen LogP contribution in [0.3, 0.4) is 0 Å². The smallest absolute Gasteiger partial charge is 0.160 e. The number of nitrogens with one attached hydrogen (secondary N) is 3. The van der Waals surface area contributed by atoms with Crippen LogP contribution in [0.1, 0.15) is 216 Å². The Morgan fingerprint density at radius 1 is 0.384 bits per heavy atom. The Balaban J connectivity index is 0.000000868. The first-order valence-corrected chi connectivity index (χ1v) is 29.2. The van der Waals surface area contributed by atoms with Crippen LogP contribution in [0.2, 0.25) is 0 Å². The van der Waals surface area contributed by atoms with Crippen LogP contribution < -0.4 is 0 Å². The van der Waals surface area contributed by atoms with E-state index in [0.29, 0.717) is 77.0 Å². The molecule has 0 saturated carbocycles. The number of rotatable bonds is 19. The molecule has 6 unspecified atom stereocenters. The van der Waals surface area contributed by atoms with Crippen LogP contribution in [0.5, 0.6) is 0 Å². The van der Waals surface area contributed by atoms with Gasteiger partial charge in [0.05, 0.1) is 55.5 Å². The summed E-state index contributed by atoms with van der Waals surface area (Å²) < 4.78 is 35.8. The van der Waals surface area contributed by atoms with E-state index in [2.05, 4.69) is 185 Å². The Labute approximate surface area is 447 Å². The zero-order valence-corrected chi connectivity index (χ0v) is 50.4. The Morgan fingerprint density at radius 2 is 0.616 bits per heavy atom. The minimum absolute atomic E-state index is 0.0164. The Bertz CT molecular complexity index is 1320. The lowest BCUT2D eigenvalue weighted by molar-refractivity contribution is -0.248. The molecule has 15 nitrogen and oxygen atoms in total. The molecule has 6 rings (SSSR count). The second kappa shape index (κ2) is 42.3. The maximum Gasteiger partial charge on any atom is 0.160 e. The van der Waals surface area contributed by atoms with Gasteiger partial charge in [-0.2, -0.15) is 46.2 Å². The monoisotopic (exact) mass is 1030 g/mol. The van der Waals surface area contributed by atoms with Gasteiger partial charge in [0.25, 0.3) is 0 Å². The average molecular weight is 1030 g/mol. The maximum atomic E-state index is 6.05. The van der Waals surface area contributed by atoms with E-state index in [1.54, 1.807) is 37.2 Å². The highest BCUT2D eigenvalue weighted by molar-refractivity contribution is 4.84. The average Bonchev–Trinajstić information content (AvgIpc) is 4.27. The van der Waals surface area contributed by atoms with Crippen molar-refractivity contribution in [2.24, 2.45) is 64.6 Å². The number of aromatic amines is 3. The van der Waals surface area contributed by atoms with Crippen molar-refractivity contribution in [3.8, 4) is 0 Å². The molecular formula is C58H115N9O6. The highest BCUT2D eigenvalue weighted by atomic mass is 16.7. The second-order valence-corrected chi connectivity index (χ2v) is 21.3. The number of nitrogens with zero attached hydrogens (tertiary/aromatic N) is 6. The van der Waals surface area contributed by atoms with E-state index < -0.39 is 0 Å². The first kappa shape index (κ1) is 70.2. The minimum atomic E-state index is 0.0164. The second-order valence-electron chi connectivity index (χ2n) is 21.3. The van der Waals surface area contributed by atoms with Crippen LogP contribution in [-0.4, -0.2) is 103 Å². The van der Waals surface area contributed by atoms with Gasteiger partial charge in [0.1, 0.15) is 0 Å². The van der Waals surface area contributed by atoms with Crippen LogP contribution >= 0.6 is 0 Å². The van der Waals surface area contributed by atoms with Crippen LogP contribution in [-0.2, 0) is 28.4 Å². The van der Waals surface area contributed by atoms with E-state index in [-0.39, 0.29) is 18.9 Å². The summed E-state index contributed by atoms with van der Waals surface area (Å²) in [5.41, 5.74) is 0.625. The van der Waals surface area contributed by atoms with Crippen molar-refractivity contribution in [2.75, 3.05) is 19.8 Å². The molecule has 3 aliphatic rings. The molecule has 15 atom stereocenters. The standard InChI is InChI=1S/3C14H28O2.C10H22.3C2H3N3/c3*1-6-8-9-15-14-12(5)10(3)11(4)13(7-2)16-14;1-6-10(7-2,8-3)9(4)5;3*1-2-4-5-3-1/h3*10-14H,6-9H2,1-5H3;9H,6-8H2,1-5H3;3*1-2H,(H,3,4,5)/t3*10-,11-,12?,13?,14-;;;;/m000..../s1. The van der Waals surface area contributed by atoms with Gasteiger partial charge in [0.15, 0.2) is 18.9 Å². The lowest BCUT2D eigenvalue weighted by Crippen LogP contribution is -2.45. The number of H-pyrrole nitrogens is 3. The molecule has 73 heavy (non-hydrogen) atoms. The molecule has 3 aliphatic heterocycles. The van der Waals surface area contributed by atoms with Crippen molar-refractivity contribution in [2.45, 2.75) is 253 Å². The van der Waals surface area contributed by atoms with E-state index >= 15 is 0 Å². The summed E-state index contributed by atoms with van der Waals surface area (Å²) in [6, 6.07) is 0. The van der Waals surface area contributed by atoms with E-state index in [0.717, 1.165) is 64.3 Å². The predicted octanol–water partition coefficient (Wildman–Crippen LogP) is 14.8. The molecular weight excluding hydrogens is 919 g/mol. The molecule has 3 aromatic rings. The molecule has 3 saturated heterocycles. The summed E-state index contributed by atoms with van der Waals surface area (Å²) in [5.74, 6) is 6.36. The predicted molar refractivity (Wildman–Crippen MR) is 299 cm³/mol. The first-order chi connectivity index (χ1) is 35.0. The summed E-state index contributed by atoms with van der Waals surface area (Å²) in [5, 5.41) is 28.0. The lowest BCUT2D eigenvalue weighted by Gasteiger charge is -2.43. The van der Waals surface area contributed by atoms with Gasteiger partial charge in [-0.3, -0.25) is 0 Å². The van der Waals surface area contributed by atoms with Gasteiger partial charge >= 0.3 is 0 Å². The quantitative estimate of drug-likeness (QED) is 0.0969. The molecule has 3 N–H and O–H groups in total. The van der Waals surface area contributed by atoms with Crippen molar-refractivity contribution < 1.29 is 28.4 Å². The third kappa shape index (κ3) is 26.7. The van der Waals surface area contributed by atoms with Gasteiger partial charge in [-0.1, -0.05) is 177 Å². The highest BCUT2D eigenvalue weighted by Crippen LogP contribution is 2.40. The van der Waals surface area contributed by atoms with Gasteiger partial charge in [-0.05, 0) is 85.4 Å². The molecule has 6 heterocycles. The Hall–Kier alpha value is -2.82. The summed E-state index contributed by atoms with van der Waals surface area (Å²) in [6.45, 7) is 48.0. The van der Waals surface area contributed by atoms with E-state index in [4.69, 9.17) is 28.4 Å². The fourth-order valence-electron chi connectivity index (χ4n) is 9.94. The van der Waals surface area contributed by atoms with E-state index in [1.165, 1.54) is 38.5 Å². The highest BCUT2D eigenvalue weighted by Gasteiger charge is 2.41. The molecule has 0 aliphatic carbocycles. The number of hydrogen-bond donors (Lipinski definition) is 3. The number of unbranched alkanes of at least 4 members (excludes halogenated alkanes) is 3. The molecule has 3 aromatic heterocycles. The number of ether oxygens (including phenoxy) is 6. The number of aromatic nitrogens is 9. The normalized spacial score (nSPS) is 29.6. The summed E-state index contributed by atoms with van der Waals surface area (Å²) in [6.07, 6.45) is 24.9. The SMILES string of the molecule is CCC(CC)(CC)C(C)C.CCCCO[C@H]1OC(CC)[C@@H](C)[C@H](C)C1C.CCCCO[C@H]1OC(CC)[C@@H](C)[C@H](C)C1C.CCCCO[C@H]1OC(CC)[C@@H](C)[C@H](C)C1C.c1cn[nH]n1.c1cn[nH]n1.c1cn[nH]n1. The minimum Gasteiger partial charge on any atom is -0.352 e. The first-order valence-electron chi connectivity index (χ1n) is 29.2. The molecule has 0 bridgehead atoms. The summed E-state index contributed by atoms with van der Waals surface area (Å²) >= 11 is 0. The largest absolute Gasteiger partial charge is 0.352 e. The van der Waals surface area contributed by atoms with Crippen molar-refractivity contribution in [1.82, 2.24) is 46.2 Å². The Kier molecular flexibility index (Phi) is 40.7. The summed E-state index contributed by atoms with van der Waals surface area (Å²) in [4.78, 5) is 0. The zero-order valence-electron chi connectivity index (χ0n) is 50.4. The van der Waals surface area contributed by atoms with Gasteiger partial charge in [-0.25, -0.2) is 0 Å². The molecule has 0 radical (unpaired) electrons. The molecule has 0 aromatic carbocycles.